The molecule has 24 heavy (non-hydrogen) atoms. The number of fused-ring (bicyclic) bond motifs is 1. The maximum absolute atomic E-state index is 13.0. The number of aliphatic hydroxyl groups is 1. The second kappa shape index (κ2) is 5.98. The molecule has 2 aliphatic heterocycles. The second-order valence-corrected chi connectivity index (χ2v) is 6.72. The molecule has 1 saturated heterocycles. The molecule has 2 heterocycles. The first-order valence-corrected chi connectivity index (χ1v) is 8.20. The lowest BCUT2D eigenvalue weighted by Crippen LogP contribution is -2.59. The van der Waals surface area contributed by atoms with E-state index in [2.05, 4.69) is 6.58 Å². The number of hydrogen-bond acceptors (Lipinski definition) is 4. The van der Waals surface area contributed by atoms with Gasteiger partial charge < -0.3 is 9.84 Å². The minimum absolute atomic E-state index is 0.152. The fraction of sp³-hybridized carbons (Fsp3) is 0.421. The highest BCUT2D eigenvalue weighted by Crippen LogP contribution is 2.42. The lowest BCUT2D eigenvalue weighted by Gasteiger charge is -2.46. The molecule has 1 N–H and O–H groups in total. The molecule has 1 aromatic rings. The number of hydrogen-bond donors (Lipinski definition) is 1. The Morgan fingerprint density at radius 3 is 2.88 bits per heavy atom. The Morgan fingerprint density at radius 1 is 1.46 bits per heavy atom. The summed E-state index contributed by atoms with van der Waals surface area (Å²) in [5.41, 5.74) is 1.39. The van der Waals surface area contributed by atoms with Crippen LogP contribution in [0.4, 0.5) is 0 Å². The van der Waals surface area contributed by atoms with Crippen LogP contribution in [0.2, 0.25) is 0 Å². The normalized spacial score (nSPS) is 24.3. The first-order chi connectivity index (χ1) is 11.4. The van der Waals surface area contributed by atoms with E-state index >= 15 is 0 Å². The number of carbonyl (C=O) groups is 1. The average molecular weight is 328 g/mol. The maximum Gasteiger partial charge on any atom is 0.272 e. The summed E-state index contributed by atoms with van der Waals surface area (Å²) in [6.45, 7) is 8.83. The van der Waals surface area contributed by atoms with Crippen molar-refractivity contribution in [1.29, 1.82) is 0 Å². The van der Waals surface area contributed by atoms with Crippen molar-refractivity contribution in [2.45, 2.75) is 38.8 Å². The minimum atomic E-state index is -0.541. The second-order valence-electron chi connectivity index (χ2n) is 6.72. The molecule has 1 atom stereocenters. The van der Waals surface area contributed by atoms with E-state index in [9.17, 15) is 9.90 Å². The van der Waals surface area contributed by atoms with Gasteiger partial charge in [0.15, 0.2) is 0 Å². The molecule has 3 rings (SSSR count). The van der Waals surface area contributed by atoms with Crippen LogP contribution in [0, 0.1) is 0 Å². The zero-order valence-electron chi connectivity index (χ0n) is 14.5. The molecule has 1 aromatic carbocycles. The summed E-state index contributed by atoms with van der Waals surface area (Å²) in [7, 11) is 1.63. The van der Waals surface area contributed by atoms with Gasteiger partial charge in [-0.2, -0.15) is 0 Å². The van der Waals surface area contributed by atoms with Gasteiger partial charge in [-0.15, -0.1) is 0 Å². The number of rotatable bonds is 4. The van der Waals surface area contributed by atoms with Gasteiger partial charge in [-0.25, -0.2) is 5.01 Å². The summed E-state index contributed by atoms with van der Waals surface area (Å²) in [4.78, 5) is 13.0. The quantitative estimate of drug-likeness (QED) is 0.922. The standard InChI is InChI=1S/C19H24N2O3/c1-13(2)16-17(22)19(3)9-6-10-21(19)20(18(16)23)12-14-7-5-8-15(11-14)24-4/h5,7-8,11,22H,1,6,9-10,12H2,2-4H3. The lowest BCUT2D eigenvalue weighted by molar-refractivity contribution is -0.159. The number of aliphatic hydroxyl groups excluding tert-OH is 1. The number of nitrogens with zero attached hydrogens (tertiary/aromatic N) is 2. The van der Waals surface area contributed by atoms with Crippen LogP contribution in [0.25, 0.3) is 0 Å². The van der Waals surface area contributed by atoms with Crippen LogP contribution in [-0.2, 0) is 11.3 Å². The minimum Gasteiger partial charge on any atom is -0.509 e. The predicted molar refractivity (Wildman–Crippen MR) is 92.4 cm³/mol. The van der Waals surface area contributed by atoms with Gasteiger partial charge in [0, 0.05) is 6.54 Å². The fourth-order valence-corrected chi connectivity index (χ4v) is 3.67. The Labute approximate surface area is 142 Å². The van der Waals surface area contributed by atoms with Crippen molar-refractivity contribution < 1.29 is 14.6 Å². The topological polar surface area (TPSA) is 53.0 Å². The van der Waals surface area contributed by atoms with Crippen molar-refractivity contribution in [2.75, 3.05) is 13.7 Å². The van der Waals surface area contributed by atoms with Gasteiger partial charge in [0.2, 0.25) is 0 Å². The molecule has 128 valence electrons. The third-order valence-corrected chi connectivity index (χ3v) is 4.98. The zero-order valence-corrected chi connectivity index (χ0v) is 14.5. The Bertz CT molecular complexity index is 725. The van der Waals surface area contributed by atoms with Gasteiger partial charge in [0.1, 0.15) is 11.5 Å². The third kappa shape index (κ3) is 2.49. The first kappa shape index (κ1) is 16.6. The number of amides is 1. The van der Waals surface area contributed by atoms with Gasteiger partial charge in [0.05, 0.1) is 24.8 Å². The number of hydrazine groups is 1. The Hall–Kier alpha value is -2.27. The highest BCUT2D eigenvalue weighted by molar-refractivity contribution is 5.99. The highest BCUT2D eigenvalue weighted by atomic mass is 16.5. The molecule has 0 spiro atoms. The smallest absolute Gasteiger partial charge is 0.272 e. The molecular formula is C19H24N2O3. The van der Waals surface area contributed by atoms with Gasteiger partial charge in [-0.1, -0.05) is 18.7 Å². The summed E-state index contributed by atoms with van der Waals surface area (Å²) in [5.74, 6) is 0.723. The van der Waals surface area contributed by atoms with E-state index in [-0.39, 0.29) is 11.7 Å². The number of ether oxygens (including phenoxy) is 1. The number of benzene rings is 1. The summed E-state index contributed by atoms with van der Waals surface area (Å²) >= 11 is 0. The average Bonchev–Trinajstić information content (AvgIpc) is 2.95. The Balaban J connectivity index is 2.01. The number of carbonyl (C=O) groups excluding carboxylic acids is 1. The van der Waals surface area contributed by atoms with Crippen LogP contribution < -0.4 is 4.74 Å². The first-order valence-electron chi connectivity index (χ1n) is 8.20. The van der Waals surface area contributed by atoms with Gasteiger partial charge in [-0.05, 0) is 50.0 Å². The van der Waals surface area contributed by atoms with E-state index in [1.165, 1.54) is 0 Å². The van der Waals surface area contributed by atoms with Gasteiger partial charge in [-0.3, -0.25) is 9.80 Å². The molecule has 0 aliphatic carbocycles. The van der Waals surface area contributed by atoms with Crippen molar-refractivity contribution in [3.63, 3.8) is 0 Å². The monoisotopic (exact) mass is 328 g/mol. The van der Waals surface area contributed by atoms with Crippen molar-refractivity contribution in [2.24, 2.45) is 0 Å². The van der Waals surface area contributed by atoms with Crippen LogP contribution in [-0.4, -0.2) is 40.2 Å². The molecule has 0 radical (unpaired) electrons. The largest absolute Gasteiger partial charge is 0.509 e. The van der Waals surface area contributed by atoms with Gasteiger partial charge in [0.25, 0.3) is 5.91 Å². The van der Waals surface area contributed by atoms with Crippen LogP contribution in [0.5, 0.6) is 5.75 Å². The van der Waals surface area contributed by atoms with E-state index in [0.717, 1.165) is 30.7 Å². The lowest BCUT2D eigenvalue weighted by atomic mass is 9.89. The molecular weight excluding hydrogens is 304 g/mol. The molecule has 1 amide bonds. The molecule has 2 aliphatic rings. The Morgan fingerprint density at radius 2 is 2.21 bits per heavy atom. The SMILES string of the molecule is C=C(C)C1=C(O)C2(C)CCCN2N(Cc2cccc(OC)c2)C1=O. The predicted octanol–water partition coefficient (Wildman–Crippen LogP) is 3.20. The van der Waals surface area contributed by atoms with E-state index in [1.54, 1.807) is 19.0 Å². The number of methoxy groups -OCH3 is 1. The van der Waals surface area contributed by atoms with E-state index in [1.807, 2.05) is 36.2 Å². The van der Waals surface area contributed by atoms with Crippen molar-refractivity contribution >= 4 is 5.91 Å². The summed E-state index contributed by atoms with van der Waals surface area (Å²) < 4.78 is 5.27. The van der Waals surface area contributed by atoms with E-state index in [4.69, 9.17) is 4.74 Å². The maximum atomic E-state index is 13.0. The molecule has 5 nitrogen and oxygen atoms in total. The summed E-state index contributed by atoms with van der Waals surface area (Å²) in [6, 6.07) is 7.70. The van der Waals surface area contributed by atoms with E-state index < -0.39 is 5.54 Å². The summed E-state index contributed by atoms with van der Waals surface area (Å²) in [5, 5.41) is 14.5. The molecule has 5 heteroatoms. The molecule has 0 saturated carbocycles. The zero-order chi connectivity index (χ0) is 17.5. The van der Waals surface area contributed by atoms with Crippen LogP contribution in [0.15, 0.2) is 47.7 Å². The third-order valence-electron chi connectivity index (χ3n) is 4.98. The molecule has 1 fully saturated rings. The Kier molecular flexibility index (Phi) is 4.13. The van der Waals surface area contributed by atoms with Crippen molar-refractivity contribution in [3.8, 4) is 5.75 Å². The van der Waals surface area contributed by atoms with Gasteiger partial charge >= 0.3 is 0 Å². The van der Waals surface area contributed by atoms with E-state index in [0.29, 0.717) is 17.7 Å². The highest BCUT2D eigenvalue weighted by Gasteiger charge is 2.51. The van der Waals surface area contributed by atoms with Crippen LogP contribution >= 0.6 is 0 Å². The summed E-state index contributed by atoms with van der Waals surface area (Å²) in [6.07, 6.45) is 1.75. The molecule has 1 unspecified atom stereocenters. The fourth-order valence-electron chi connectivity index (χ4n) is 3.67. The van der Waals surface area contributed by atoms with Crippen molar-refractivity contribution in [1.82, 2.24) is 10.0 Å². The van der Waals surface area contributed by atoms with Crippen LogP contribution in [0.1, 0.15) is 32.3 Å². The van der Waals surface area contributed by atoms with Crippen LogP contribution in [0.3, 0.4) is 0 Å². The molecule has 0 aromatic heterocycles. The molecule has 0 bridgehead atoms. The van der Waals surface area contributed by atoms with Crippen molar-refractivity contribution in [3.05, 3.63) is 53.3 Å².